The van der Waals surface area contributed by atoms with Gasteiger partial charge in [-0.25, -0.2) is 0 Å². The molecule has 0 aliphatic carbocycles. The Morgan fingerprint density at radius 2 is 1.92 bits per heavy atom. The Morgan fingerprint density at radius 1 is 1.04 bits per heavy atom. The number of pyridine rings is 1. The zero-order valence-electron chi connectivity index (χ0n) is 13.0. The third-order valence-electron chi connectivity index (χ3n) is 3.95. The first kappa shape index (κ1) is 18.7. The van der Waals surface area contributed by atoms with E-state index in [4.69, 9.17) is 4.99 Å². The van der Waals surface area contributed by atoms with Gasteiger partial charge in [0.15, 0.2) is 0 Å². The Bertz CT molecular complexity index is 869. The molecular formula is C19H18Cl2N2S. The maximum atomic E-state index is 4.75. The van der Waals surface area contributed by atoms with E-state index in [2.05, 4.69) is 46.8 Å². The highest BCUT2D eigenvalue weighted by Gasteiger charge is 2.15. The molecule has 2 aromatic heterocycles. The molecule has 0 atom stereocenters. The van der Waals surface area contributed by atoms with Crippen LogP contribution in [0.15, 0.2) is 64.7 Å². The van der Waals surface area contributed by atoms with Gasteiger partial charge in [-0.15, -0.1) is 36.2 Å². The molecule has 0 saturated carbocycles. The summed E-state index contributed by atoms with van der Waals surface area (Å²) in [5.41, 5.74) is 4.85. The van der Waals surface area contributed by atoms with Gasteiger partial charge in [0.05, 0.1) is 5.71 Å². The van der Waals surface area contributed by atoms with Crippen molar-refractivity contribution < 1.29 is 0 Å². The normalized spacial score (nSPS) is 15.5. The maximum absolute atomic E-state index is 4.75. The summed E-state index contributed by atoms with van der Waals surface area (Å²) in [7, 11) is 0. The first-order valence-corrected chi connectivity index (χ1v) is 8.42. The van der Waals surface area contributed by atoms with Crippen LogP contribution in [0.5, 0.6) is 0 Å². The van der Waals surface area contributed by atoms with Crippen LogP contribution >= 0.6 is 36.2 Å². The predicted octanol–water partition coefficient (Wildman–Crippen LogP) is 5.81. The van der Waals surface area contributed by atoms with E-state index in [9.17, 15) is 0 Å². The smallest absolute Gasteiger partial charge is 0.0694 e. The Morgan fingerprint density at radius 3 is 2.75 bits per heavy atom. The predicted molar refractivity (Wildman–Crippen MR) is 109 cm³/mol. The van der Waals surface area contributed by atoms with Gasteiger partial charge in [-0.2, -0.15) is 0 Å². The number of fused-ring (bicyclic) bond motifs is 1. The van der Waals surface area contributed by atoms with Crippen molar-refractivity contribution >= 4 is 58.0 Å². The van der Waals surface area contributed by atoms with Crippen LogP contribution in [-0.2, 0) is 0 Å². The van der Waals surface area contributed by atoms with Crippen LogP contribution in [0.3, 0.4) is 0 Å². The number of hydrogen-bond acceptors (Lipinski definition) is 3. The highest BCUT2D eigenvalue weighted by Crippen LogP contribution is 2.29. The molecule has 0 unspecified atom stereocenters. The fraction of sp³-hybridized carbons (Fsp3) is 0.158. The highest BCUT2D eigenvalue weighted by atomic mass is 35.5. The van der Waals surface area contributed by atoms with Crippen LogP contribution < -0.4 is 0 Å². The quantitative estimate of drug-likeness (QED) is 0.554. The Kier molecular flexibility index (Phi) is 6.55. The van der Waals surface area contributed by atoms with E-state index in [1.54, 1.807) is 11.3 Å². The minimum Gasteiger partial charge on any atom is -0.284 e. The van der Waals surface area contributed by atoms with Gasteiger partial charge in [0.2, 0.25) is 0 Å². The molecular weight excluding hydrogens is 359 g/mol. The summed E-state index contributed by atoms with van der Waals surface area (Å²) >= 11 is 1.80. The fourth-order valence-corrected chi connectivity index (χ4v) is 3.82. The SMILES string of the molecule is C(=C1/CCCN=C1c1cccnc1)/c1csc2ccccc12.Cl.Cl. The molecule has 0 N–H and O–H groups in total. The van der Waals surface area contributed by atoms with Crippen molar-refractivity contribution in [1.29, 1.82) is 0 Å². The molecule has 0 amide bonds. The molecule has 24 heavy (non-hydrogen) atoms. The van der Waals surface area contributed by atoms with Crippen LogP contribution in [0.25, 0.3) is 16.2 Å². The largest absolute Gasteiger partial charge is 0.284 e. The summed E-state index contributed by atoms with van der Waals surface area (Å²) in [6, 6.07) is 12.6. The molecule has 3 aromatic rings. The standard InChI is InChI=1S/C19H16N2S.2ClH/c1-2-8-18-17(7-1)16(13-22-18)11-14-5-4-10-21-19(14)15-6-3-9-20-12-15;;/h1-3,6-9,11-13H,4-5,10H2;2*1H/b14-11+;;. The molecule has 124 valence electrons. The Balaban J connectivity index is 0.00000104. The van der Waals surface area contributed by atoms with Crippen LogP contribution in [0.2, 0.25) is 0 Å². The van der Waals surface area contributed by atoms with Crippen LogP contribution in [0.4, 0.5) is 0 Å². The van der Waals surface area contributed by atoms with Gasteiger partial charge in [0.1, 0.15) is 0 Å². The number of benzene rings is 1. The van der Waals surface area contributed by atoms with Crippen molar-refractivity contribution in [2.24, 2.45) is 4.99 Å². The van der Waals surface area contributed by atoms with E-state index < -0.39 is 0 Å². The number of allylic oxidation sites excluding steroid dienone is 1. The molecule has 1 aliphatic rings. The summed E-state index contributed by atoms with van der Waals surface area (Å²) in [6.07, 6.45) is 8.23. The molecule has 5 heteroatoms. The minimum absolute atomic E-state index is 0. The summed E-state index contributed by atoms with van der Waals surface area (Å²) < 4.78 is 1.34. The second-order valence-electron chi connectivity index (χ2n) is 5.43. The highest BCUT2D eigenvalue weighted by molar-refractivity contribution is 7.17. The lowest BCUT2D eigenvalue weighted by atomic mass is 9.95. The number of rotatable bonds is 2. The van der Waals surface area contributed by atoms with Gasteiger partial charge < -0.3 is 0 Å². The van der Waals surface area contributed by atoms with Crippen molar-refractivity contribution in [3.63, 3.8) is 0 Å². The molecule has 3 heterocycles. The van der Waals surface area contributed by atoms with E-state index in [-0.39, 0.29) is 24.8 Å². The number of aromatic nitrogens is 1. The topological polar surface area (TPSA) is 25.2 Å². The number of aliphatic imine (C=N–C) groups is 1. The first-order chi connectivity index (χ1) is 10.9. The van der Waals surface area contributed by atoms with Crippen LogP contribution in [0.1, 0.15) is 24.0 Å². The van der Waals surface area contributed by atoms with Gasteiger partial charge in [0.25, 0.3) is 0 Å². The number of hydrogen-bond donors (Lipinski definition) is 0. The molecule has 1 aliphatic heterocycles. The Labute approximate surface area is 158 Å². The van der Waals surface area contributed by atoms with E-state index in [0.717, 1.165) is 30.7 Å². The van der Waals surface area contributed by atoms with Gasteiger partial charge in [-0.1, -0.05) is 18.2 Å². The second-order valence-corrected chi connectivity index (χ2v) is 6.34. The van der Waals surface area contributed by atoms with Crippen LogP contribution in [0, 0.1) is 0 Å². The number of halogens is 2. The van der Waals surface area contributed by atoms with Gasteiger partial charge in [0, 0.05) is 29.2 Å². The molecule has 0 saturated heterocycles. The van der Waals surface area contributed by atoms with E-state index in [1.807, 2.05) is 18.5 Å². The molecule has 1 aromatic carbocycles. The third kappa shape index (κ3) is 3.69. The fourth-order valence-electron chi connectivity index (χ4n) is 2.90. The summed E-state index contributed by atoms with van der Waals surface area (Å²) in [5.74, 6) is 0. The number of nitrogens with zero attached hydrogens (tertiary/aromatic N) is 2. The average Bonchev–Trinajstić information content (AvgIpc) is 2.99. The lowest BCUT2D eigenvalue weighted by molar-refractivity contribution is 0.818. The van der Waals surface area contributed by atoms with Crippen LogP contribution in [-0.4, -0.2) is 17.2 Å². The first-order valence-electron chi connectivity index (χ1n) is 7.54. The van der Waals surface area contributed by atoms with Crippen molar-refractivity contribution in [2.45, 2.75) is 12.8 Å². The lowest BCUT2D eigenvalue weighted by Gasteiger charge is -2.16. The molecule has 0 radical (unpaired) electrons. The summed E-state index contributed by atoms with van der Waals surface area (Å²) in [4.78, 5) is 8.99. The maximum Gasteiger partial charge on any atom is 0.0694 e. The Hall–Kier alpha value is -1.68. The van der Waals surface area contributed by atoms with Gasteiger partial charge in [-0.05, 0) is 59.0 Å². The summed E-state index contributed by atoms with van der Waals surface area (Å²) in [6.45, 7) is 0.909. The second kappa shape index (κ2) is 8.43. The van der Waals surface area contributed by atoms with Gasteiger partial charge in [-0.3, -0.25) is 9.98 Å². The van der Waals surface area contributed by atoms with Crippen molar-refractivity contribution in [3.8, 4) is 0 Å². The molecule has 0 spiro atoms. The zero-order valence-corrected chi connectivity index (χ0v) is 15.5. The monoisotopic (exact) mass is 376 g/mol. The van der Waals surface area contributed by atoms with Crippen molar-refractivity contribution in [2.75, 3.05) is 6.54 Å². The molecule has 2 nitrogen and oxygen atoms in total. The molecule has 0 bridgehead atoms. The van der Waals surface area contributed by atoms with Crippen molar-refractivity contribution in [3.05, 3.63) is 70.9 Å². The van der Waals surface area contributed by atoms with E-state index in [0.29, 0.717) is 0 Å². The number of thiophene rings is 1. The van der Waals surface area contributed by atoms with E-state index >= 15 is 0 Å². The van der Waals surface area contributed by atoms with Crippen molar-refractivity contribution in [1.82, 2.24) is 4.98 Å². The molecule has 0 fully saturated rings. The summed E-state index contributed by atoms with van der Waals surface area (Å²) in [5, 5.41) is 3.57. The van der Waals surface area contributed by atoms with E-state index in [1.165, 1.54) is 21.2 Å². The molecule has 4 rings (SSSR count). The van der Waals surface area contributed by atoms with Gasteiger partial charge >= 0.3 is 0 Å². The third-order valence-corrected chi connectivity index (χ3v) is 4.94. The zero-order chi connectivity index (χ0) is 14.8. The minimum atomic E-state index is 0. The lowest BCUT2D eigenvalue weighted by Crippen LogP contribution is -2.11. The average molecular weight is 377 g/mol.